The molecular formula is C19H25F6NO6S. The Labute approximate surface area is 187 Å². The highest BCUT2D eigenvalue weighted by molar-refractivity contribution is 7.93. The highest BCUT2D eigenvalue weighted by Gasteiger charge is 2.47. The van der Waals surface area contributed by atoms with Crippen molar-refractivity contribution in [3.63, 3.8) is 0 Å². The first-order chi connectivity index (χ1) is 15.2. The number of rotatable bonds is 13. The molecule has 0 aliphatic rings. The van der Waals surface area contributed by atoms with Crippen molar-refractivity contribution in [1.29, 1.82) is 0 Å². The van der Waals surface area contributed by atoms with Crippen molar-refractivity contribution in [2.45, 2.75) is 69.8 Å². The first kappa shape index (κ1) is 28.8. The molecule has 0 aromatic heterocycles. The van der Waals surface area contributed by atoms with Crippen molar-refractivity contribution in [3.05, 3.63) is 23.8 Å². The number of anilines is 1. The maximum absolute atomic E-state index is 13.2. The van der Waals surface area contributed by atoms with Gasteiger partial charge in [0.1, 0.15) is 5.75 Å². The number of unbranched alkanes of at least 4 members (excludes halogenated alkanes) is 4. The lowest BCUT2D eigenvalue weighted by Crippen LogP contribution is -2.30. The Morgan fingerprint density at radius 1 is 1.06 bits per heavy atom. The molecule has 0 fully saturated rings. The van der Waals surface area contributed by atoms with Gasteiger partial charge in [0.25, 0.3) is 0 Å². The minimum Gasteiger partial charge on any atom is -0.466 e. The van der Waals surface area contributed by atoms with Crippen LogP contribution in [0.1, 0.15) is 57.4 Å². The van der Waals surface area contributed by atoms with Gasteiger partial charge in [-0.05, 0) is 31.0 Å². The zero-order valence-corrected chi connectivity index (χ0v) is 18.4. The lowest BCUT2D eigenvalue weighted by atomic mass is 10.1. The van der Waals surface area contributed by atoms with Gasteiger partial charge in [-0.3, -0.25) is 9.52 Å². The second kappa shape index (κ2) is 12.3. The Morgan fingerprint density at radius 3 is 2.24 bits per heavy atom. The molecule has 0 spiro atoms. The molecule has 1 rings (SSSR count). The standard InChI is InChI=1S/C19H25F6NO6S/c1-2-16(27)31-11-7-5-3-4-6-8-17(28)32-13-9-10-15(14(12-13)18(20,21)22)26-33(29,30)19(23,24)25/h9-10,12,17,26,28H,2-8,11H2,1H3. The minimum absolute atomic E-state index is 0.0780. The number of carbonyl (C=O) groups is 1. The van der Waals surface area contributed by atoms with E-state index in [9.17, 15) is 44.7 Å². The van der Waals surface area contributed by atoms with Gasteiger partial charge in [0.2, 0.25) is 0 Å². The molecule has 1 aromatic rings. The zero-order chi connectivity index (χ0) is 25.3. The van der Waals surface area contributed by atoms with E-state index in [-0.39, 0.29) is 12.4 Å². The number of halogens is 6. The van der Waals surface area contributed by atoms with E-state index in [1.165, 1.54) is 0 Å². The Bertz CT molecular complexity index is 873. The number of benzene rings is 1. The van der Waals surface area contributed by atoms with Crippen molar-refractivity contribution in [2.75, 3.05) is 11.3 Å². The molecule has 0 saturated heterocycles. The van der Waals surface area contributed by atoms with Gasteiger partial charge < -0.3 is 14.6 Å². The second-order valence-electron chi connectivity index (χ2n) is 6.96. The number of ether oxygens (including phenoxy) is 2. The van der Waals surface area contributed by atoms with E-state index in [1.807, 2.05) is 0 Å². The maximum atomic E-state index is 13.2. The van der Waals surface area contributed by atoms with Crippen molar-refractivity contribution in [3.8, 4) is 5.75 Å². The molecule has 14 heteroatoms. The number of aliphatic hydroxyl groups excluding tert-OH is 1. The number of hydrogen-bond donors (Lipinski definition) is 2. The smallest absolute Gasteiger partial charge is 0.466 e. The summed E-state index contributed by atoms with van der Waals surface area (Å²) >= 11 is 0. The van der Waals surface area contributed by atoms with Crippen LogP contribution in [0, 0.1) is 0 Å². The highest BCUT2D eigenvalue weighted by atomic mass is 32.2. The van der Waals surface area contributed by atoms with Crippen molar-refractivity contribution in [2.24, 2.45) is 0 Å². The first-order valence-corrected chi connectivity index (χ1v) is 11.5. The summed E-state index contributed by atoms with van der Waals surface area (Å²) in [7, 11) is -6.06. The summed E-state index contributed by atoms with van der Waals surface area (Å²) in [6, 6.07) is 1.58. The molecule has 0 aliphatic heterocycles. The SMILES string of the molecule is CCC(=O)OCCCCCCCC(O)Oc1ccc(NS(=O)(=O)C(F)(F)F)c(C(F)(F)F)c1. The molecule has 0 heterocycles. The average Bonchev–Trinajstić information content (AvgIpc) is 2.69. The van der Waals surface area contributed by atoms with Crippen molar-refractivity contribution < 1.29 is 54.1 Å². The van der Waals surface area contributed by atoms with E-state index in [0.717, 1.165) is 23.6 Å². The van der Waals surface area contributed by atoms with Gasteiger partial charge in [-0.25, -0.2) is 0 Å². The van der Waals surface area contributed by atoms with E-state index in [2.05, 4.69) is 0 Å². The molecule has 0 bridgehead atoms. The number of esters is 1. The number of hydrogen-bond acceptors (Lipinski definition) is 6. The largest absolute Gasteiger partial charge is 0.516 e. The first-order valence-electron chi connectivity index (χ1n) is 9.98. The molecular weight excluding hydrogens is 484 g/mol. The summed E-state index contributed by atoms with van der Waals surface area (Å²) in [4.78, 5) is 11.0. The van der Waals surface area contributed by atoms with Gasteiger partial charge in [-0.1, -0.05) is 26.2 Å². The molecule has 2 N–H and O–H groups in total. The van der Waals surface area contributed by atoms with Crippen LogP contribution in [0.2, 0.25) is 0 Å². The van der Waals surface area contributed by atoms with Gasteiger partial charge in [-0.15, -0.1) is 0 Å². The number of sulfonamides is 1. The van der Waals surface area contributed by atoms with Gasteiger partial charge in [-0.2, -0.15) is 34.8 Å². The van der Waals surface area contributed by atoms with Crippen LogP contribution in [0.15, 0.2) is 18.2 Å². The van der Waals surface area contributed by atoms with Crippen LogP contribution >= 0.6 is 0 Å². The van der Waals surface area contributed by atoms with Crippen LogP contribution in [0.4, 0.5) is 32.0 Å². The predicted octanol–water partition coefficient (Wildman–Crippen LogP) is 4.96. The van der Waals surface area contributed by atoms with Crippen LogP contribution < -0.4 is 9.46 Å². The van der Waals surface area contributed by atoms with Gasteiger partial charge in [0, 0.05) is 12.8 Å². The third-order valence-corrected chi connectivity index (χ3v) is 5.36. The van der Waals surface area contributed by atoms with E-state index < -0.39 is 45.0 Å². The fourth-order valence-corrected chi connectivity index (χ4v) is 3.16. The number of carbonyl (C=O) groups excluding carboxylic acids is 1. The lowest BCUT2D eigenvalue weighted by molar-refractivity contribution is -0.143. The molecule has 0 aliphatic carbocycles. The van der Waals surface area contributed by atoms with Crippen molar-refractivity contribution in [1.82, 2.24) is 0 Å². The maximum Gasteiger partial charge on any atom is 0.516 e. The molecule has 0 radical (unpaired) electrons. The van der Waals surface area contributed by atoms with Gasteiger partial charge in [0.15, 0.2) is 6.29 Å². The number of aliphatic hydroxyl groups is 1. The summed E-state index contributed by atoms with van der Waals surface area (Å²) in [6.07, 6.45) is -2.92. The average molecular weight is 509 g/mol. The minimum atomic E-state index is -6.06. The van der Waals surface area contributed by atoms with E-state index >= 15 is 0 Å². The molecule has 0 amide bonds. The quantitative estimate of drug-likeness (QED) is 0.169. The topological polar surface area (TPSA) is 102 Å². The predicted molar refractivity (Wildman–Crippen MR) is 106 cm³/mol. The van der Waals surface area contributed by atoms with Gasteiger partial charge in [0.05, 0.1) is 17.9 Å². The fourth-order valence-electron chi connectivity index (χ4n) is 2.58. The van der Waals surface area contributed by atoms with Crippen molar-refractivity contribution >= 4 is 21.7 Å². The van der Waals surface area contributed by atoms with Gasteiger partial charge >= 0.3 is 27.7 Å². The van der Waals surface area contributed by atoms with Crippen LogP contribution in [0.5, 0.6) is 5.75 Å². The fraction of sp³-hybridized carbons (Fsp3) is 0.632. The summed E-state index contributed by atoms with van der Waals surface area (Å²) in [5, 5.41) is 9.87. The molecule has 1 atom stereocenters. The van der Waals surface area contributed by atoms with Crippen LogP contribution in [-0.2, 0) is 25.7 Å². The summed E-state index contributed by atoms with van der Waals surface area (Å²) in [6.45, 7) is 2.00. The van der Waals surface area contributed by atoms with Crippen LogP contribution in [-0.4, -0.2) is 37.9 Å². The normalized spacial score (nSPS) is 13.5. The molecule has 1 aromatic carbocycles. The Morgan fingerprint density at radius 2 is 1.67 bits per heavy atom. The van der Waals surface area contributed by atoms with E-state index in [1.54, 1.807) is 6.92 Å². The molecule has 1 unspecified atom stereocenters. The second-order valence-corrected chi connectivity index (χ2v) is 8.63. The highest BCUT2D eigenvalue weighted by Crippen LogP contribution is 2.39. The summed E-state index contributed by atoms with van der Waals surface area (Å²) in [5.41, 5.74) is -8.84. The molecule has 0 saturated carbocycles. The Hall–Kier alpha value is -2.22. The molecule has 33 heavy (non-hydrogen) atoms. The van der Waals surface area contributed by atoms with E-state index in [4.69, 9.17) is 9.47 Å². The summed E-state index contributed by atoms with van der Waals surface area (Å²) < 4.78 is 110. The Kier molecular flexibility index (Phi) is 10.7. The zero-order valence-electron chi connectivity index (χ0n) is 17.6. The summed E-state index contributed by atoms with van der Waals surface area (Å²) in [5.74, 6) is -0.780. The number of alkyl halides is 6. The third kappa shape index (κ3) is 10.1. The third-order valence-electron chi connectivity index (χ3n) is 4.26. The lowest BCUT2D eigenvalue weighted by Gasteiger charge is -2.19. The van der Waals surface area contributed by atoms with Crippen LogP contribution in [0.3, 0.4) is 0 Å². The molecule has 7 nitrogen and oxygen atoms in total. The van der Waals surface area contributed by atoms with E-state index in [0.29, 0.717) is 44.4 Å². The monoisotopic (exact) mass is 509 g/mol. The van der Waals surface area contributed by atoms with Crippen LogP contribution in [0.25, 0.3) is 0 Å². The molecule has 190 valence electrons. The Balaban J connectivity index is 2.60. The number of nitrogens with one attached hydrogen (secondary N) is 1.